The van der Waals surface area contributed by atoms with Crippen molar-refractivity contribution in [3.05, 3.63) is 18.8 Å². The second kappa shape index (κ2) is 8.42. The van der Waals surface area contributed by atoms with Crippen molar-refractivity contribution in [3.8, 4) is 0 Å². The third kappa shape index (κ3) is 5.60. The summed E-state index contributed by atoms with van der Waals surface area (Å²) in [6.45, 7) is 1.96. The Balaban J connectivity index is 3.22. The van der Waals surface area contributed by atoms with Gasteiger partial charge in [-0.3, -0.25) is 14.4 Å². The highest BCUT2D eigenvalue weighted by Crippen LogP contribution is 2.33. The normalized spacial score (nSPS) is 9.91. The SMILES string of the molecule is CC(=O)Nc1cc(NC(=O)COC(C)=O)c(I)c(C(=O)O)c1I. The molecule has 0 saturated heterocycles. The van der Waals surface area contributed by atoms with Crippen LogP contribution in [-0.4, -0.2) is 35.5 Å². The van der Waals surface area contributed by atoms with Gasteiger partial charge in [0, 0.05) is 13.8 Å². The number of carboxylic acid groups (broad SMARTS) is 1. The molecule has 0 saturated carbocycles. The van der Waals surface area contributed by atoms with Gasteiger partial charge >= 0.3 is 11.9 Å². The average molecular weight is 546 g/mol. The van der Waals surface area contributed by atoms with Gasteiger partial charge in [-0.05, 0) is 51.2 Å². The maximum atomic E-state index is 11.7. The molecule has 0 heterocycles. The summed E-state index contributed by atoms with van der Waals surface area (Å²) in [5.41, 5.74) is 0.420. The van der Waals surface area contributed by atoms with E-state index in [1.165, 1.54) is 19.9 Å². The predicted octanol–water partition coefficient (Wildman–Crippen LogP) is 2.05. The van der Waals surface area contributed by atoms with Crippen LogP contribution >= 0.6 is 45.2 Å². The third-order valence-corrected chi connectivity index (χ3v) is 4.65. The summed E-state index contributed by atoms with van der Waals surface area (Å²) in [7, 11) is 0. The molecule has 1 rings (SSSR count). The highest BCUT2D eigenvalue weighted by molar-refractivity contribution is 14.1. The van der Waals surface area contributed by atoms with Gasteiger partial charge in [0.1, 0.15) is 0 Å². The summed E-state index contributed by atoms with van der Waals surface area (Å²) >= 11 is 3.59. The first-order valence-corrected chi connectivity index (χ1v) is 8.25. The van der Waals surface area contributed by atoms with Crippen LogP contribution < -0.4 is 10.6 Å². The Morgan fingerprint density at radius 1 is 1.09 bits per heavy atom. The zero-order chi connectivity index (χ0) is 17.7. The smallest absolute Gasteiger partial charge is 0.338 e. The number of hydrogen-bond acceptors (Lipinski definition) is 5. The molecule has 0 fully saturated rings. The van der Waals surface area contributed by atoms with Crippen LogP contribution in [0.4, 0.5) is 11.4 Å². The second-order valence-electron chi connectivity index (χ2n) is 4.29. The minimum Gasteiger partial charge on any atom is -0.478 e. The van der Waals surface area contributed by atoms with E-state index < -0.39 is 24.5 Å². The summed E-state index contributed by atoms with van der Waals surface area (Å²) in [6.07, 6.45) is 0. The Bertz CT molecular complexity index is 690. The zero-order valence-corrected chi connectivity index (χ0v) is 16.3. The molecule has 1 aromatic carbocycles. The maximum Gasteiger partial charge on any atom is 0.338 e. The van der Waals surface area contributed by atoms with Crippen molar-refractivity contribution in [1.82, 2.24) is 0 Å². The number of hydrogen-bond donors (Lipinski definition) is 3. The van der Waals surface area contributed by atoms with Crippen molar-refractivity contribution < 1.29 is 29.0 Å². The van der Waals surface area contributed by atoms with Gasteiger partial charge in [0.05, 0.1) is 24.1 Å². The molecule has 0 bridgehead atoms. The average Bonchev–Trinajstić information content (AvgIpc) is 2.41. The molecule has 3 N–H and O–H groups in total. The first-order chi connectivity index (χ1) is 10.6. The van der Waals surface area contributed by atoms with E-state index in [9.17, 15) is 24.3 Å². The van der Waals surface area contributed by atoms with E-state index >= 15 is 0 Å². The molecule has 0 unspecified atom stereocenters. The number of esters is 1. The standard InChI is InChI=1S/C13H12I2N2O6/c1-5(18)16-7-3-8(17-9(20)4-23-6(2)19)12(15)10(11(7)14)13(21)22/h3H,4H2,1-2H3,(H,16,18)(H,17,20)(H,21,22). The van der Waals surface area contributed by atoms with Gasteiger partial charge in [-0.25, -0.2) is 4.79 Å². The van der Waals surface area contributed by atoms with E-state index in [0.29, 0.717) is 7.14 Å². The van der Waals surface area contributed by atoms with Crippen LogP contribution in [0, 0.1) is 7.14 Å². The number of halogens is 2. The number of rotatable bonds is 5. The van der Waals surface area contributed by atoms with Crippen molar-refractivity contribution in [3.63, 3.8) is 0 Å². The Morgan fingerprint density at radius 2 is 1.61 bits per heavy atom. The molecule has 23 heavy (non-hydrogen) atoms. The Hall–Kier alpha value is -1.44. The van der Waals surface area contributed by atoms with E-state index in [0.717, 1.165) is 0 Å². The highest BCUT2D eigenvalue weighted by atomic mass is 127. The molecule has 124 valence electrons. The topological polar surface area (TPSA) is 122 Å². The summed E-state index contributed by atoms with van der Waals surface area (Å²) in [6, 6.07) is 1.45. The fourth-order valence-corrected chi connectivity index (χ4v) is 3.65. The van der Waals surface area contributed by atoms with E-state index in [2.05, 4.69) is 15.4 Å². The first kappa shape index (κ1) is 19.6. The second-order valence-corrected chi connectivity index (χ2v) is 6.45. The molecular weight excluding hydrogens is 534 g/mol. The number of benzene rings is 1. The zero-order valence-electron chi connectivity index (χ0n) is 12.0. The van der Waals surface area contributed by atoms with Crippen LogP contribution in [0.2, 0.25) is 0 Å². The quantitative estimate of drug-likeness (QED) is 0.384. The molecular formula is C13H12I2N2O6. The lowest BCUT2D eigenvalue weighted by molar-refractivity contribution is -0.144. The Labute approximate surface area is 158 Å². The number of carbonyl (C=O) groups excluding carboxylic acids is 3. The monoisotopic (exact) mass is 546 g/mol. The molecule has 0 aliphatic carbocycles. The van der Waals surface area contributed by atoms with Crippen LogP contribution in [0.25, 0.3) is 0 Å². The molecule has 10 heteroatoms. The number of amides is 2. The molecule has 8 nitrogen and oxygen atoms in total. The van der Waals surface area contributed by atoms with Crippen molar-refractivity contribution in [1.29, 1.82) is 0 Å². The van der Waals surface area contributed by atoms with Crippen molar-refractivity contribution in [2.75, 3.05) is 17.2 Å². The lowest BCUT2D eigenvalue weighted by atomic mass is 10.1. The molecule has 2 amide bonds. The van der Waals surface area contributed by atoms with Gasteiger partial charge in [0.2, 0.25) is 5.91 Å². The lowest BCUT2D eigenvalue weighted by Crippen LogP contribution is -2.22. The third-order valence-electron chi connectivity index (χ3n) is 2.41. The van der Waals surface area contributed by atoms with Crippen LogP contribution in [0.3, 0.4) is 0 Å². The number of aromatic carboxylic acids is 1. The van der Waals surface area contributed by atoms with Crippen LogP contribution in [-0.2, 0) is 19.1 Å². The number of anilines is 2. The number of carbonyl (C=O) groups is 4. The lowest BCUT2D eigenvalue weighted by Gasteiger charge is -2.15. The van der Waals surface area contributed by atoms with Crippen LogP contribution in [0.5, 0.6) is 0 Å². The Kier molecular flexibility index (Phi) is 7.18. The molecule has 0 spiro atoms. The molecule has 0 aromatic heterocycles. The van der Waals surface area contributed by atoms with Crippen LogP contribution in [0.1, 0.15) is 24.2 Å². The van der Waals surface area contributed by atoms with E-state index in [4.69, 9.17) is 0 Å². The predicted molar refractivity (Wildman–Crippen MR) is 98.4 cm³/mol. The van der Waals surface area contributed by atoms with E-state index in [-0.39, 0.29) is 22.8 Å². The highest BCUT2D eigenvalue weighted by Gasteiger charge is 2.21. The van der Waals surface area contributed by atoms with E-state index in [1.54, 1.807) is 22.6 Å². The minimum atomic E-state index is -1.19. The largest absolute Gasteiger partial charge is 0.478 e. The van der Waals surface area contributed by atoms with Gasteiger partial charge in [-0.2, -0.15) is 0 Å². The summed E-state index contributed by atoms with van der Waals surface area (Å²) in [4.78, 5) is 45.1. The van der Waals surface area contributed by atoms with Crippen molar-refractivity contribution in [2.24, 2.45) is 0 Å². The first-order valence-electron chi connectivity index (χ1n) is 6.09. The van der Waals surface area contributed by atoms with Gasteiger partial charge in [0.25, 0.3) is 5.91 Å². The molecule has 0 aliphatic heterocycles. The fourth-order valence-electron chi connectivity index (χ4n) is 1.55. The van der Waals surface area contributed by atoms with E-state index in [1.807, 2.05) is 22.6 Å². The minimum absolute atomic E-state index is 0.0414. The molecule has 0 radical (unpaired) electrons. The summed E-state index contributed by atoms with van der Waals surface area (Å²) in [5, 5.41) is 14.3. The number of nitrogens with one attached hydrogen (secondary N) is 2. The van der Waals surface area contributed by atoms with Gasteiger partial charge < -0.3 is 20.5 Å². The van der Waals surface area contributed by atoms with Gasteiger partial charge in [0.15, 0.2) is 6.61 Å². The number of carboxylic acids is 1. The summed E-state index contributed by atoms with van der Waals surface area (Å²) in [5.74, 6) is -2.80. The maximum absolute atomic E-state index is 11.7. The summed E-state index contributed by atoms with van der Waals surface area (Å²) < 4.78 is 5.21. The molecule has 0 aliphatic rings. The van der Waals surface area contributed by atoms with Crippen molar-refractivity contribution in [2.45, 2.75) is 13.8 Å². The number of ether oxygens (including phenoxy) is 1. The van der Waals surface area contributed by atoms with Crippen LogP contribution in [0.15, 0.2) is 6.07 Å². The Morgan fingerprint density at radius 3 is 2.04 bits per heavy atom. The van der Waals surface area contributed by atoms with Gasteiger partial charge in [-0.1, -0.05) is 0 Å². The molecule has 0 atom stereocenters. The van der Waals surface area contributed by atoms with Crippen molar-refractivity contribution >= 4 is 80.3 Å². The molecule has 1 aromatic rings. The fraction of sp³-hybridized carbons (Fsp3) is 0.231. The van der Waals surface area contributed by atoms with Gasteiger partial charge in [-0.15, -0.1) is 0 Å².